The van der Waals surface area contributed by atoms with Crippen molar-refractivity contribution in [2.24, 2.45) is 0 Å². The zero-order valence-electron chi connectivity index (χ0n) is 14.1. The zero-order valence-corrected chi connectivity index (χ0v) is 14.1. The van der Waals surface area contributed by atoms with Crippen LogP contribution in [-0.4, -0.2) is 20.8 Å². The van der Waals surface area contributed by atoms with Gasteiger partial charge in [0.25, 0.3) is 5.56 Å². The number of carbonyl (C=O) groups excluding carboxylic acids is 1. The normalized spacial score (nSPS) is 12.3. The second-order valence-corrected chi connectivity index (χ2v) is 6.24. The number of aromatic nitrogens is 3. The molecule has 0 spiro atoms. The van der Waals surface area contributed by atoms with E-state index in [0.29, 0.717) is 6.42 Å². The van der Waals surface area contributed by atoms with Crippen LogP contribution < -0.4 is 5.56 Å². The lowest BCUT2D eigenvalue weighted by molar-refractivity contribution is -0.120. The Kier molecular flexibility index (Phi) is 4.70. The molecule has 2 aromatic carbocycles. The molecule has 0 saturated carbocycles. The van der Waals surface area contributed by atoms with Gasteiger partial charge in [0.15, 0.2) is 11.6 Å². The molecule has 0 aliphatic heterocycles. The smallest absolute Gasteiger partial charge is 0.278 e. The average Bonchev–Trinajstić information content (AvgIpc) is 2.58. The largest absolute Gasteiger partial charge is 0.298 e. The molecule has 1 atom stereocenters. The van der Waals surface area contributed by atoms with E-state index in [4.69, 9.17) is 0 Å². The molecule has 1 heterocycles. The first kappa shape index (κ1) is 17.0. The number of hydrogen-bond donors (Lipinski definition) is 0. The SMILES string of the molecule is Cc1ccc([C@H](C)CC(=O)Cn2nnc3c(F)cccc3c2=O)cc1. The summed E-state index contributed by atoms with van der Waals surface area (Å²) in [5.74, 6) is -0.691. The van der Waals surface area contributed by atoms with Crippen LogP contribution >= 0.6 is 0 Å². The van der Waals surface area contributed by atoms with Crippen molar-refractivity contribution in [2.45, 2.75) is 32.7 Å². The Morgan fingerprint density at radius 2 is 1.92 bits per heavy atom. The van der Waals surface area contributed by atoms with Gasteiger partial charge in [-0.05, 0) is 30.5 Å². The lowest BCUT2D eigenvalue weighted by atomic mass is 9.95. The highest BCUT2D eigenvalue weighted by Gasteiger charge is 2.15. The fourth-order valence-corrected chi connectivity index (χ4v) is 2.76. The van der Waals surface area contributed by atoms with Gasteiger partial charge in [-0.25, -0.2) is 9.07 Å². The third kappa shape index (κ3) is 3.63. The number of fused-ring (bicyclic) bond motifs is 1. The van der Waals surface area contributed by atoms with Crippen LogP contribution in [0.5, 0.6) is 0 Å². The number of benzene rings is 2. The molecule has 5 nitrogen and oxygen atoms in total. The van der Waals surface area contributed by atoms with E-state index in [2.05, 4.69) is 10.3 Å². The van der Waals surface area contributed by atoms with Gasteiger partial charge in [-0.3, -0.25) is 9.59 Å². The van der Waals surface area contributed by atoms with Crippen molar-refractivity contribution in [3.05, 3.63) is 69.8 Å². The summed E-state index contributed by atoms with van der Waals surface area (Å²) in [4.78, 5) is 24.7. The standard InChI is InChI=1S/C19H18FN3O2/c1-12-6-8-14(9-7-12)13(2)10-15(24)11-23-19(25)16-4-3-5-17(20)18(16)21-22-23/h3-9,13H,10-11H2,1-2H3/t13-/m1/s1. The summed E-state index contributed by atoms with van der Waals surface area (Å²) in [6.45, 7) is 3.80. The molecule has 0 radical (unpaired) electrons. The minimum Gasteiger partial charge on any atom is -0.298 e. The summed E-state index contributed by atoms with van der Waals surface area (Å²) < 4.78 is 14.6. The summed E-state index contributed by atoms with van der Waals surface area (Å²) in [7, 11) is 0. The van der Waals surface area contributed by atoms with Gasteiger partial charge in [-0.15, -0.1) is 5.10 Å². The van der Waals surface area contributed by atoms with E-state index in [1.165, 1.54) is 18.2 Å². The van der Waals surface area contributed by atoms with E-state index in [9.17, 15) is 14.0 Å². The topological polar surface area (TPSA) is 64.8 Å². The predicted molar refractivity (Wildman–Crippen MR) is 93.0 cm³/mol. The maximum Gasteiger partial charge on any atom is 0.278 e. The maximum absolute atomic E-state index is 13.6. The molecule has 128 valence electrons. The fraction of sp³-hybridized carbons (Fsp3) is 0.263. The van der Waals surface area contributed by atoms with Crippen molar-refractivity contribution in [3.8, 4) is 0 Å². The van der Waals surface area contributed by atoms with Gasteiger partial charge < -0.3 is 0 Å². The van der Waals surface area contributed by atoms with Gasteiger partial charge in [-0.2, -0.15) is 0 Å². The molecule has 3 rings (SSSR count). The Hall–Kier alpha value is -2.89. The first-order chi connectivity index (χ1) is 12.0. The van der Waals surface area contributed by atoms with Crippen LogP contribution in [0, 0.1) is 12.7 Å². The molecule has 0 aliphatic rings. The van der Waals surface area contributed by atoms with Gasteiger partial charge in [0.2, 0.25) is 0 Å². The lowest BCUT2D eigenvalue weighted by Gasteiger charge is -2.12. The Morgan fingerprint density at radius 3 is 2.64 bits per heavy atom. The van der Waals surface area contributed by atoms with Crippen molar-refractivity contribution < 1.29 is 9.18 Å². The molecule has 0 saturated heterocycles. The highest BCUT2D eigenvalue weighted by molar-refractivity contribution is 5.80. The Morgan fingerprint density at radius 1 is 1.20 bits per heavy atom. The van der Waals surface area contributed by atoms with Crippen molar-refractivity contribution >= 4 is 16.7 Å². The number of ketones is 1. The van der Waals surface area contributed by atoms with Gasteiger partial charge in [0, 0.05) is 6.42 Å². The maximum atomic E-state index is 13.6. The van der Waals surface area contributed by atoms with Crippen LogP contribution in [0.3, 0.4) is 0 Å². The summed E-state index contributed by atoms with van der Waals surface area (Å²) in [5, 5.41) is 7.54. The Labute approximate surface area is 144 Å². The van der Waals surface area contributed by atoms with Crippen LogP contribution in [0.4, 0.5) is 4.39 Å². The number of hydrogen-bond acceptors (Lipinski definition) is 4. The Bertz CT molecular complexity index is 980. The average molecular weight is 339 g/mol. The highest BCUT2D eigenvalue weighted by atomic mass is 19.1. The number of aryl methyl sites for hydroxylation is 1. The molecule has 0 fully saturated rings. The van der Waals surface area contributed by atoms with Gasteiger partial charge >= 0.3 is 0 Å². The van der Waals surface area contributed by atoms with E-state index in [1.807, 2.05) is 38.1 Å². The summed E-state index contributed by atoms with van der Waals surface area (Å²) in [6.07, 6.45) is 0.290. The Balaban J connectivity index is 1.77. The van der Waals surface area contributed by atoms with E-state index in [0.717, 1.165) is 15.8 Å². The second-order valence-electron chi connectivity index (χ2n) is 6.24. The van der Waals surface area contributed by atoms with Crippen LogP contribution in [-0.2, 0) is 11.3 Å². The van der Waals surface area contributed by atoms with Crippen LogP contribution in [0.15, 0.2) is 47.3 Å². The number of carbonyl (C=O) groups is 1. The van der Waals surface area contributed by atoms with E-state index in [-0.39, 0.29) is 29.1 Å². The monoisotopic (exact) mass is 339 g/mol. The zero-order chi connectivity index (χ0) is 18.0. The molecular weight excluding hydrogens is 321 g/mol. The number of rotatable bonds is 5. The van der Waals surface area contributed by atoms with Crippen LogP contribution in [0.2, 0.25) is 0 Å². The van der Waals surface area contributed by atoms with Crippen molar-refractivity contribution in [2.75, 3.05) is 0 Å². The molecule has 0 N–H and O–H groups in total. The van der Waals surface area contributed by atoms with E-state index >= 15 is 0 Å². The summed E-state index contributed by atoms with van der Waals surface area (Å²) >= 11 is 0. The fourth-order valence-electron chi connectivity index (χ4n) is 2.76. The molecule has 0 aliphatic carbocycles. The molecule has 6 heteroatoms. The molecule has 25 heavy (non-hydrogen) atoms. The number of nitrogens with zero attached hydrogens (tertiary/aromatic N) is 3. The molecule has 0 unspecified atom stereocenters. The number of halogens is 1. The van der Waals surface area contributed by atoms with Crippen LogP contribution in [0.1, 0.15) is 30.4 Å². The predicted octanol–water partition coefficient (Wildman–Crippen LogP) is 3.00. The minimum absolute atomic E-state index is 0.0367. The first-order valence-corrected chi connectivity index (χ1v) is 8.06. The van der Waals surface area contributed by atoms with E-state index in [1.54, 1.807) is 0 Å². The molecule has 1 aromatic heterocycles. The third-order valence-corrected chi connectivity index (χ3v) is 4.21. The molecule has 0 amide bonds. The molecule has 3 aromatic rings. The highest BCUT2D eigenvalue weighted by Crippen LogP contribution is 2.20. The summed E-state index contributed by atoms with van der Waals surface area (Å²) in [5.41, 5.74) is 1.63. The van der Waals surface area contributed by atoms with E-state index < -0.39 is 11.4 Å². The van der Waals surface area contributed by atoms with Crippen LogP contribution in [0.25, 0.3) is 10.9 Å². The van der Waals surface area contributed by atoms with Gasteiger partial charge in [0.05, 0.1) is 5.39 Å². The quantitative estimate of drug-likeness (QED) is 0.717. The summed E-state index contributed by atoms with van der Waals surface area (Å²) in [6, 6.07) is 12.1. The third-order valence-electron chi connectivity index (χ3n) is 4.21. The van der Waals surface area contributed by atoms with Crippen molar-refractivity contribution in [3.63, 3.8) is 0 Å². The number of Topliss-reactive ketones (excluding diaryl/α,β-unsaturated/α-hetero) is 1. The second kappa shape index (κ2) is 6.93. The molecule has 0 bridgehead atoms. The first-order valence-electron chi connectivity index (χ1n) is 8.06. The van der Waals surface area contributed by atoms with Crippen molar-refractivity contribution in [1.29, 1.82) is 0 Å². The minimum atomic E-state index is -0.603. The van der Waals surface area contributed by atoms with Crippen molar-refractivity contribution in [1.82, 2.24) is 15.0 Å². The van der Waals surface area contributed by atoms with Gasteiger partial charge in [-0.1, -0.05) is 48.0 Å². The van der Waals surface area contributed by atoms with Gasteiger partial charge in [0.1, 0.15) is 12.1 Å². The molecular formula is C19H18FN3O2. The lowest BCUT2D eigenvalue weighted by Crippen LogP contribution is -2.28.